The largest absolute Gasteiger partial charge is 0.314 e. The second-order valence-electron chi connectivity index (χ2n) is 4.98. The monoisotopic (exact) mass is 243 g/mol. The van der Waals surface area contributed by atoms with E-state index in [0.717, 1.165) is 38.2 Å². The lowest BCUT2D eigenvalue weighted by Crippen LogP contribution is -2.47. The van der Waals surface area contributed by atoms with Crippen LogP contribution in [0.25, 0.3) is 4.85 Å². The number of likely N-dealkylation sites (tertiary alicyclic amines) is 1. The third-order valence-corrected chi connectivity index (χ3v) is 3.59. The molecule has 0 saturated carbocycles. The van der Waals surface area contributed by atoms with E-state index in [2.05, 4.69) is 22.0 Å². The maximum atomic E-state index is 7.51. The quantitative estimate of drug-likeness (QED) is 0.819. The molecule has 1 aliphatic rings. The fourth-order valence-corrected chi connectivity index (χ4v) is 2.52. The van der Waals surface area contributed by atoms with Gasteiger partial charge in [0.1, 0.15) is 0 Å². The minimum atomic E-state index is -0.397. The van der Waals surface area contributed by atoms with Crippen LogP contribution in [0.3, 0.4) is 0 Å². The third-order valence-electron chi connectivity index (χ3n) is 3.59. The summed E-state index contributed by atoms with van der Waals surface area (Å²) in [6.07, 6.45) is 3.01. The van der Waals surface area contributed by atoms with Gasteiger partial charge in [0.25, 0.3) is 0 Å². The fourth-order valence-electron chi connectivity index (χ4n) is 2.52. The van der Waals surface area contributed by atoms with E-state index in [0.29, 0.717) is 0 Å². The van der Waals surface area contributed by atoms with Crippen LogP contribution in [-0.4, -0.2) is 30.2 Å². The van der Waals surface area contributed by atoms with Gasteiger partial charge in [0.15, 0.2) is 0 Å². The van der Waals surface area contributed by atoms with E-state index in [4.69, 9.17) is 6.57 Å². The van der Waals surface area contributed by atoms with Gasteiger partial charge in [-0.3, -0.25) is 4.85 Å². The average Bonchev–Trinajstić information content (AvgIpc) is 2.43. The molecule has 1 fully saturated rings. The summed E-state index contributed by atoms with van der Waals surface area (Å²) in [6, 6.07) is 10.1. The summed E-state index contributed by atoms with van der Waals surface area (Å²) >= 11 is 0. The highest BCUT2D eigenvalue weighted by Gasteiger charge is 2.40. The molecule has 3 nitrogen and oxygen atoms in total. The summed E-state index contributed by atoms with van der Waals surface area (Å²) < 4.78 is 0. The summed E-state index contributed by atoms with van der Waals surface area (Å²) in [5, 5.41) is 3.43. The smallest absolute Gasteiger partial charge is 0.307 e. The molecule has 18 heavy (non-hydrogen) atoms. The molecule has 0 radical (unpaired) electrons. The molecule has 0 spiro atoms. The van der Waals surface area contributed by atoms with Gasteiger partial charge in [-0.2, -0.15) is 0 Å². The average molecular weight is 243 g/mol. The number of hydrogen-bond donors (Lipinski definition) is 1. The predicted octanol–water partition coefficient (Wildman–Crippen LogP) is 3.22. The highest BCUT2D eigenvalue weighted by molar-refractivity contribution is 5.46. The van der Waals surface area contributed by atoms with Crippen molar-refractivity contribution in [3.63, 3.8) is 0 Å². The van der Waals surface area contributed by atoms with Crippen molar-refractivity contribution in [3.8, 4) is 0 Å². The Hall–Kier alpha value is -1.53. The Morgan fingerprint density at radius 3 is 2.50 bits per heavy atom. The van der Waals surface area contributed by atoms with Gasteiger partial charge >= 0.3 is 5.66 Å². The fraction of sp³-hybridized carbons (Fsp3) is 0.533. The first kappa shape index (κ1) is 12.9. The van der Waals surface area contributed by atoms with Gasteiger partial charge < -0.3 is 10.2 Å². The molecular formula is C15H21N3. The third kappa shape index (κ3) is 3.02. The van der Waals surface area contributed by atoms with Gasteiger partial charge in [0.05, 0.1) is 12.8 Å². The lowest BCUT2D eigenvalue weighted by Gasteiger charge is -2.34. The molecule has 0 aliphatic carbocycles. The van der Waals surface area contributed by atoms with E-state index < -0.39 is 5.66 Å². The highest BCUT2D eigenvalue weighted by atomic mass is 15.2. The molecule has 2 rings (SSSR count). The molecule has 0 aromatic heterocycles. The number of nitrogens with one attached hydrogen (secondary N) is 1. The topological polar surface area (TPSA) is 19.6 Å². The molecular weight excluding hydrogens is 222 g/mol. The van der Waals surface area contributed by atoms with Gasteiger partial charge in [0, 0.05) is 18.8 Å². The molecule has 96 valence electrons. The lowest BCUT2D eigenvalue weighted by molar-refractivity contribution is 0.193. The van der Waals surface area contributed by atoms with Crippen LogP contribution in [0.4, 0.5) is 5.69 Å². The van der Waals surface area contributed by atoms with Crippen LogP contribution < -0.4 is 5.32 Å². The normalized spacial score (nSPS) is 19.1. The van der Waals surface area contributed by atoms with E-state index in [9.17, 15) is 0 Å². The first-order valence-electron chi connectivity index (χ1n) is 6.72. The van der Waals surface area contributed by atoms with E-state index in [-0.39, 0.29) is 0 Å². The van der Waals surface area contributed by atoms with Crippen molar-refractivity contribution < 1.29 is 0 Å². The zero-order valence-corrected chi connectivity index (χ0v) is 11.0. The summed E-state index contributed by atoms with van der Waals surface area (Å²) in [5.41, 5.74) is 0.656. The number of benzene rings is 1. The van der Waals surface area contributed by atoms with Crippen LogP contribution in [0, 0.1) is 6.57 Å². The maximum Gasteiger partial charge on any atom is 0.307 e. The summed E-state index contributed by atoms with van der Waals surface area (Å²) in [5.74, 6) is 0. The number of piperidine rings is 1. The van der Waals surface area contributed by atoms with Crippen molar-refractivity contribution in [2.24, 2.45) is 0 Å². The lowest BCUT2D eigenvalue weighted by atomic mass is 9.97. The molecule has 0 unspecified atom stereocenters. The Labute approximate surface area is 110 Å². The van der Waals surface area contributed by atoms with E-state index in [1.54, 1.807) is 0 Å². The van der Waals surface area contributed by atoms with Gasteiger partial charge in [-0.05, 0) is 25.1 Å². The van der Waals surface area contributed by atoms with Crippen molar-refractivity contribution in [2.45, 2.75) is 31.8 Å². The van der Waals surface area contributed by atoms with Crippen LogP contribution in [0.5, 0.6) is 0 Å². The van der Waals surface area contributed by atoms with E-state index in [1.807, 2.05) is 30.3 Å². The SMILES string of the molecule is [C-]#[N+]C1(Nc2ccccc2)CCN(CCC)CC1. The van der Waals surface area contributed by atoms with Crippen molar-refractivity contribution in [3.05, 3.63) is 41.7 Å². The van der Waals surface area contributed by atoms with E-state index in [1.165, 1.54) is 6.42 Å². The number of para-hydroxylation sites is 1. The molecule has 1 heterocycles. The summed E-state index contributed by atoms with van der Waals surface area (Å²) in [7, 11) is 0. The summed E-state index contributed by atoms with van der Waals surface area (Å²) in [4.78, 5) is 6.34. The van der Waals surface area contributed by atoms with Crippen LogP contribution >= 0.6 is 0 Å². The Bertz CT molecular complexity index is 399. The zero-order valence-electron chi connectivity index (χ0n) is 11.0. The number of hydrogen-bond acceptors (Lipinski definition) is 2. The van der Waals surface area contributed by atoms with Gasteiger partial charge in [-0.15, -0.1) is 0 Å². The number of anilines is 1. The van der Waals surface area contributed by atoms with Crippen molar-refractivity contribution >= 4 is 5.69 Å². The van der Waals surface area contributed by atoms with Crippen LogP contribution in [-0.2, 0) is 0 Å². The predicted molar refractivity (Wildman–Crippen MR) is 75.4 cm³/mol. The Balaban J connectivity index is 1.99. The Kier molecular flexibility index (Phi) is 4.22. The molecule has 1 N–H and O–H groups in total. The molecule has 1 aromatic carbocycles. The molecule has 0 amide bonds. The second-order valence-corrected chi connectivity index (χ2v) is 4.98. The molecule has 1 saturated heterocycles. The van der Waals surface area contributed by atoms with E-state index >= 15 is 0 Å². The standard InChI is InChI=1S/C15H21N3/c1-3-11-18-12-9-15(16-2,10-13-18)17-14-7-5-4-6-8-14/h4-8,17H,3,9-13H2,1H3. The molecule has 1 aromatic rings. The van der Waals surface area contributed by atoms with Crippen molar-refractivity contribution in [1.29, 1.82) is 0 Å². The first-order valence-corrected chi connectivity index (χ1v) is 6.72. The minimum absolute atomic E-state index is 0.397. The number of rotatable bonds is 4. The van der Waals surface area contributed by atoms with Gasteiger partial charge in [0.2, 0.25) is 0 Å². The minimum Gasteiger partial charge on any atom is -0.314 e. The molecule has 1 aliphatic heterocycles. The first-order chi connectivity index (χ1) is 8.78. The van der Waals surface area contributed by atoms with Crippen LogP contribution in [0.1, 0.15) is 26.2 Å². The van der Waals surface area contributed by atoms with Crippen LogP contribution in [0.15, 0.2) is 30.3 Å². The van der Waals surface area contributed by atoms with Crippen LogP contribution in [0.2, 0.25) is 0 Å². The Morgan fingerprint density at radius 2 is 1.94 bits per heavy atom. The van der Waals surface area contributed by atoms with Crippen molar-refractivity contribution in [1.82, 2.24) is 4.90 Å². The number of nitrogens with zero attached hydrogens (tertiary/aromatic N) is 2. The molecule has 0 atom stereocenters. The Morgan fingerprint density at radius 1 is 1.28 bits per heavy atom. The molecule has 3 heteroatoms. The highest BCUT2D eigenvalue weighted by Crippen LogP contribution is 2.28. The van der Waals surface area contributed by atoms with Gasteiger partial charge in [-0.1, -0.05) is 25.1 Å². The van der Waals surface area contributed by atoms with Crippen molar-refractivity contribution in [2.75, 3.05) is 25.0 Å². The second kappa shape index (κ2) is 5.88. The molecule has 0 bridgehead atoms. The maximum absolute atomic E-state index is 7.51. The summed E-state index contributed by atoms with van der Waals surface area (Å²) in [6.45, 7) is 12.9. The zero-order chi connectivity index (χ0) is 12.8. The van der Waals surface area contributed by atoms with Gasteiger partial charge in [-0.25, -0.2) is 6.57 Å².